The van der Waals surface area contributed by atoms with Gasteiger partial charge in [-0.05, 0) is 55.8 Å². The Morgan fingerprint density at radius 2 is 1.56 bits per heavy atom. The molecule has 1 heterocycles. The summed E-state index contributed by atoms with van der Waals surface area (Å²) in [7, 11) is -2.10. The zero-order chi connectivity index (χ0) is 24.3. The van der Waals surface area contributed by atoms with E-state index in [1.54, 1.807) is 56.5 Å². The number of aryl methyl sites for hydroxylation is 1. The smallest absolute Gasteiger partial charge is 0.261 e. The molecule has 3 aromatic carbocycles. The molecule has 0 unspecified atom stereocenters. The highest BCUT2D eigenvalue weighted by molar-refractivity contribution is 7.92. The summed E-state index contributed by atoms with van der Waals surface area (Å²) in [5.41, 5.74) is 3.50. The van der Waals surface area contributed by atoms with Crippen LogP contribution in [0.2, 0.25) is 0 Å². The maximum Gasteiger partial charge on any atom is 0.261 e. The maximum absolute atomic E-state index is 13.3. The minimum absolute atomic E-state index is 0.103. The van der Waals surface area contributed by atoms with Crippen molar-refractivity contribution in [2.45, 2.75) is 18.7 Å². The summed E-state index contributed by atoms with van der Waals surface area (Å²) >= 11 is 0. The molecule has 34 heavy (non-hydrogen) atoms. The van der Waals surface area contributed by atoms with Gasteiger partial charge in [0.05, 0.1) is 23.4 Å². The van der Waals surface area contributed by atoms with Crippen LogP contribution in [-0.4, -0.2) is 52.5 Å². The molecule has 1 N–H and O–H groups in total. The van der Waals surface area contributed by atoms with Gasteiger partial charge in [-0.15, -0.1) is 0 Å². The highest BCUT2D eigenvalue weighted by atomic mass is 32.2. The standard InChI is InChI=1S/C26H29N3O4S/c1-19-11-13-21(14-12-19)34(31,32)27-23-8-6-7-22(20(23)2)26(30)29-17-15-28(16-18-29)24-9-4-5-10-25(24)33-3/h4-14,27H,15-18H2,1-3H3. The van der Waals surface area contributed by atoms with Crippen LogP contribution in [0.25, 0.3) is 0 Å². The molecule has 7 nitrogen and oxygen atoms in total. The summed E-state index contributed by atoms with van der Waals surface area (Å²) in [6.45, 7) is 6.17. The van der Waals surface area contributed by atoms with E-state index in [1.807, 2.05) is 36.1 Å². The number of amides is 1. The van der Waals surface area contributed by atoms with Gasteiger partial charge in [0.1, 0.15) is 5.75 Å². The van der Waals surface area contributed by atoms with Crippen molar-refractivity contribution in [1.82, 2.24) is 4.90 Å². The third-order valence-corrected chi connectivity index (χ3v) is 7.51. The van der Waals surface area contributed by atoms with Crippen molar-refractivity contribution in [2.75, 3.05) is 42.9 Å². The van der Waals surface area contributed by atoms with Gasteiger partial charge in [-0.2, -0.15) is 0 Å². The fourth-order valence-corrected chi connectivity index (χ4v) is 5.23. The molecule has 1 aliphatic rings. The summed E-state index contributed by atoms with van der Waals surface area (Å²) in [6.07, 6.45) is 0. The van der Waals surface area contributed by atoms with E-state index in [0.717, 1.165) is 17.0 Å². The molecule has 3 aromatic rings. The van der Waals surface area contributed by atoms with Crippen molar-refractivity contribution < 1.29 is 17.9 Å². The van der Waals surface area contributed by atoms with Gasteiger partial charge in [0.2, 0.25) is 0 Å². The number of para-hydroxylation sites is 2. The van der Waals surface area contributed by atoms with Crippen LogP contribution in [0, 0.1) is 13.8 Å². The molecule has 4 rings (SSSR count). The van der Waals surface area contributed by atoms with Crippen LogP contribution in [0.15, 0.2) is 71.6 Å². The van der Waals surface area contributed by atoms with Gasteiger partial charge in [0.25, 0.3) is 15.9 Å². The molecular weight excluding hydrogens is 450 g/mol. The van der Waals surface area contributed by atoms with Crippen LogP contribution in [0.1, 0.15) is 21.5 Å². The lowest BCUT2D eigenvalue weighted by Gasteiger charge is -2.37. The number of hydrogen-bond donors (Lipinski definition) is 1. The number of anilines is 2. The second-order valence-electron chi connectivity index (χ2n) is 8.35. The number of nitrogens with one attached hydrogen (secondary N) is 1. The monoisotopic (exact) mass is 479 g/mol. The number of piperazine rings is 1. The number of carbonyl (C=O) groups excluding carboxylic acids is 1. The molecule has 178 valence electrons. The first kappa shape index (κ1) is 23.6. The normalized spacial score (nSPS) is 14.1. The second kappa shape index (κ2) is 9.77. The molecule has 0 aliphatic carbocycles. The van der Waals surface area contributed by atoms with Gasteiger partial charge < -0.3 is 14.5 Å². The number of nitrogens with zero attached hydrogens (tertiary/aromatic N) is 2. The summed E-state index contributed by atoms with van der Waals surface area (Å²) in [6, 6.07) is 19.6. The van der Waals surface area contributed by atoms with Gasteiger partial charge in [0, 0.05) is 31.7 Å². The molecule has 0 saturated carbocycles. The predicted octanol–water partition coefficient (Wildman–Crippen LogP) is 4.08. The second-order valence-corrected chi connectivity index (χ2v) is 10.0. The van der Waals surface area contributed by atoms with Crippen LogP contribution < -0.4 is 14.4 Å². The summed E-state index contributed by atoms with van der Waals surface area (Å²) in [5.74, 6) is 0.709. The molecule has 0 atom stereocenters. The number of carbonyl (C=O) groups is 1. The van der Waals surface area contributed by atoms with E-state index < -0.39 is 10.0 Å². The van der Waals surface area contributed by atoms with E-state index in [-0.39, 0.29) is 10.8 Å². The molecule has 0 aromatic heterocycles. The summed E-state index contributed by atoms with van der Waals surface area (Å²) < 4.78 is 33.8. The fraction of sp³-hybridized carbons (Fsp3) is 0.269. The van der Waals surface area contributed by atoms with Crippen molar-refractivity contribution in [1.29, 1.82) is 0 Å². The van der Waals surface area contributed by atoms with E-state index in [1.165, 1.54) is 0 Å². The lowest BCUT2D eigenvalue weighted by molar-refractivity contribution is 0.0746. The van der Waals surface area contributed by atoms with E-state index in [9.17, 15) is 13.2 Å². The number of sulfonamides is 1. The molecule has 1 aliphatic heterocycles. The quantitative estimate of drug-likeness (QED) is 0.577. The van der Waals surface area contributed by atoms with E-state index in [0.29, 0.717) is 43.0 Å². The number of rotatable bonds is 6. The zero-order valence-corrected chi connectivity index (χ0v) is 20.4. The molecule has 1 fully saturated rings. The number of methoxy groups -OCH3 is 1. The fourth-order valence-electron chi connectivity index (χ4n) is 4.11. The van der Waals surface area contributed by atoms with Crippen LogP contribution >= 0.6 is 0 Å². The Morgan fingerprint density at radius 3 is 2.24 bits per heavy atom. The molecule has 0 spiro atoms. The Morgan fingerprint density at radius 1 is 0.882 bits per heavy atom. The molecule has 8 heteroatoms. The van der Waals surface area contributed by atoms with Gasteiger partial charge in [-0.25, -0.2) is 8.42 Å². The molecule has 1 amide bonds. The van der Waals surface area contributed by atoms with Crippen molar-refractivity contribution >= 4 is 27.3 Å². The predicted molar refractivity (Wildman–Crippen MR) is 134 cm³/mol. The zero-order valence-electron chi connectivity index (χ0n) is 19.6. The van der Waals surface area contributed by atoms with Gasteiger partial charge in [0.15, 0.2) is 0 Å². The Balaban J connectivity index is 1.48. The van der Waals surface area contributed by atoms with E-state index in [4.69, 9.17) is 4.74 Å². The largest absolute Gasteiger partial charge is 0.495 e. The molecule has 1 saturated heterocycles. The van der Waals surface area contributed by atoms with Gasteiger partial charge in [-0.3, -0.25) is 9.52 Å². The Hall–Kier alpha value is -3.52. The van der Waals surface area contributed by atoms with Crippen molar-refractivity contribution in [2.24, 2.45) is 0 Å². The van der Waals surface area contributed by atoms with E-state index >= 15 is 0 Å². The van der Waals surface area contributed by atoms with Crippen molar-refractivity contribution in [3.63, 3.8) is 0 Å². The average molecular weight is 480 g/mol. The number of benzene rings is 3. The van der Waals surface area contributed by atoms with Crippen molar-refractivity contribution in [3.05, 3.63) is 83.4 Å². The van der Waals surface area contributed by atoms with Crippen LogP contribution in [0.4, 0.5) is 11.4 Å². The summed E-state index contributed by atoms with van der Waals surface area (Å²) in [4.78, 5) is 17.5. The number of ether oxygens (including phenoxy) is 1. The SMILES string of the molecule is COc1ccccc1N1CCN(C(=O)c2cccc(NS(=O)(=O)c3ccc(C)cc3)c2C)CC1. The van der Waals surface area contributed by atoms with Crippen LogP contribution in [0.3, 0.4) is 0 Å². The van der Waals surface area contributed by atoms with Crippen LogP contribution in [-0.2, 0) is 10.0 Å². The Kier molecular flexibility index (Phi) is 6.79. The molecular formula is C26H29N3O4S. The first-order valence-corrected chi connectivity index (χ1v) is 12.6. The lowest BCUT2D eigenvalue weighted by atomic mass is 10.1. The van der Waals surface area contributed by atoms with E-state index in [2.05, 4.69) is 9.62 Å². The maximum atomic E-state index is 13.3. The van der Waals surface area contributed by atoms with Gasteiger partial charge in [-0.1, -0.05) is 35.9 Å². The Labute approximate surface area is 201 Å². The number of hydrogen-bond acceptors (Lipinski definition) is 5. The van der Waals surface area contributed by atoms with Crippen LogP contribution in [0.5, 0.6) is 5.75 Å². The third kappa shape index (κ3) is 4.87. The Bertz CT molecular complexity index is 1280. The van der Waals surface area contributed by atoms with Crippen molar-refractivity contribution in [3.8, 4) is 5.75 Å². The third-order valence-electron chi connectivity index (χ3n) is 6.13. The summed E-state index contributed by atoms with van der Waals surface area (Å²) in [5, 5.41) is 0. The van der Waals surface area contributed by atoms with Gasteiger partial charge >= 0.3 is 0 Å². The first-order valence-electron chi connectivity index (χ1n) is 11.2. The highest BCUT2D eigenvalue weighted by Crippen LogP contribution is 2.29. The topological polar surface area (TPSA) is 79.0 Å². The average Bonchev–Trinajstić information content (AvgIpc) is 2.85. The first-order chi connectivity index (χ1) is 16.3. The minimum Gasteiger partial charge on any atom is -0.495 e. The minimum atomic E-state index is -3.76. The highest BCUT2D eigenvalue weighted by Gasteiger charge is 2.26. The molecule has 0 radical (unpaired) electrons. The molecule has 0 bridgehead atoms. The lowest BCUT2D eigenvalue weighted by Crippen LogP contribution is -2.49.